The highest BCUT2D eigenvalue weighted by Crippen LogP contribution is 2.15. The number of rotatable bonds is 12. The fourth-order valence-electron chi connectivity index (χ4n) is 1.94. The summed E-state index contributed by atoms with van der Waals surface area (Å²) in [6.45, 7) is 5.91. The summed E-state index contributed by atoms with van der Waals surface area (Å²) in [4.78, 5) is 0. The quantitative estimate of drug-likeness (QED) is 0.220. The van der Waals surface area contributed by atoms with Gasteiger partial charge in [-0.1, -0.05) is 83.1 Å². The maximum atomic E-state index is 6.21. The zero-order valence-electron chi connectivity index (χ0n) is 11.5. The van der Waals surface area contributed by atoms with Crippen molar-refractivity contribution in [3.05, 3.63) is 24.8 Å². The lowest BCUT2D eigenvalue weighted by Crippen LogP contribution is -1.96. The van der Waals surface area contributed by atoms with Gasteiger partial charge in [0.2, 0.25) is 0 Å². The topological polar surface area (TPSA) is 0 Å². The number of hydrogen-bond donors (Lipinski definition) is 0. The molecule has 0 aromatic carbocycles. The van der Waals surface area contributed by atoms with Crippen LogP contribution in [0.5, 0.6) is 0 Å². The first-order valence-electron chi connectivity index (χ1n) is 7.22. The van der Waals surface area contributed by atoms with Crippen LogP contribution in [-0.4, -0.2) is 5.38 Å². The van der Waals surface area contributed by atoms with Gasteiger partial charge in [0.1, 0.15) is 0 Å². The van der Waals surface area contributed by atoms with E-state index in [0.29, 0.717) is 5.38 Å². The van der Waals surface area contributed by atoms with Crippen molar-refractivity contribution in [3.8, 4) is 0 Å². The van der Waals surface area contributed by atoms with Gasteiger partial charge in [-0.3, -0.25) is 0 Å². The van der Waals surface area contributed by atoms with Crippen LogP contribution in [0, 0.1) is 0 Å². The molecule has 0 nitrogen and oxygen atoms in total. The van der Waals surface area contributed by atoms with E-state index in [2.05, 4.69) is 19.6 Å². The Hall–Kier alpha value is -0.230. The molecule has 0 rings (SSSR count). The van der Waals surface area contributed by atoms with E-state index in [4.69, 9.17) is 11.6 Å². The molecule has 0 bridgehead atoms. The number of alkyl halides is 1. The van der Waals surface area contributed by atoms with Gasteiger partial charge in [-0.2, -0.15) is 0 Å². The standard InChI is InChI=1S/C16H29Cl/c1-3-5-7-8-9-10-11-13-15-16(17)14-12-6-4-2/h4,6,12,16H,2-3,5,7-11,13-15H2,1H3. The third-order valence-electron chi connectivity index (χ3n) is 3.03. The molecule has 1 unspecified atom stereocenters. The Labute approximate surface area is 113 Å². The third-order valence-corrected chi connectivity index (χ3v) is 3.43. The van der Waals surface area contributed by atoms with E-state index in [9.17, 15) is 0 Å². The Kier molecular flexibility index (Phi) is 13.6. The first-order valence-corrected chi connectivity index (χ1v) is 7.66. The fraction of sp³-hybridized carbons (Fsp3) is 0.750. The lowest BCUT2D eigenvalue weighted by Gasteiger charge is -2.06. The molecule has 0 saturated carbocycles. The fourth-order valence-corrected chi connectivity index (χ4v) is 2.20. The van der Waals surface area contributed by atoms with Crippen molar-refractivity contribution in [3.63, 3.8) is 0 Å². The zero-order chi connectivity index (χ0) is 12.8. The van der Waals surface area contributed by atoms with E-state index in [-0.39, 0.29) is 0 Å². The SMILES string of the molecule is C=CC=CCC(Cl)CCCCCCCCCC. The summed E-state index contributed by atoms with van der Waals surface area (Å²) in [5, 5.41) is 0.311. The molecule has 0 radical (unpaired) electrons. The molecule has 0 aliphatic carbocycles. The molecule has 100 valence electrons. The van der Waals surface area contributed by atoms with Crippen molar-refractivity contribution < 1.29 is 0 Å². The average Bonchev–Trinajstić information content (AvgIpc) is 2.33. The second kappa shape index (κ2) is 13.8. The smallest absolute Gasteiger partial charge is 0.0370 e. The van der Waals surface area contributed by atoms with Crippen molar-refractivity contribution in [1.82, 2.24) is 0 Å². The van der Waals surface area contributed by atoms with E-state index in [1.54, 1.807) is 6.08 Å². The van der Waals surface area contributed by atoms with Crippen LogP contribution in [0.1, 0.15) is 71.1 Å². The Morgan fingerprint density at radius 3 is 2.18 bits per heavy atom. The first kappa shape index (κ1) is 16.8. The normalized spacial score (nSPS) is 13.1. The molecule has 0 aliphatic heterocycles. The molecule has 0 N–H and O–H groups in total. The Balaban J connectivity index is 3.16. The predicted molar refractivity (Wildman–Crippen MR) is 80.8 cm³/mol. The van der Waals surface area contributed by atoms with Gasteiger partial charge in [-0.05, 0) is 12.8 Å². The highest BCUT2D eigenvalue weighted by Gasteiger charge is 2.01. The van der Waals surface area contributed by atoms with E-state index >= 15 is 0 Å². The highest BCUT2D eigenvalue weighted by atomic mass is 35.5. The minimum atomic E-state index is 0.311. The van der Waals surface area contributed by atoms with Gasteiger partial charge in [-0.25, -0.2) is 0 Å². The summed E-state index contributed by atoms with van der Waals surface area (Å²) in [5.41, 5.74) is 0. The molecule has 17 heavy (non-hydrogen) atoms. The van der Waals surface area contributed by atoms with Gasteiger partial charge < -0.3 is 0 Å². The molecule has 0 fully saturated rings. The summed E-state index contributed by atoms with van der Waals surface area (Å²) < 4.78 is 0. The first-order chi connectivity index (χ1) is 8.31. The van der Waals surface area contributed by atoms with Gasteiger partial charge in [0.25, 0.3) is 0 Å². The minimum absolute atomic E-state index is 0.311. The Bertz CT molecular complexity index is 184. The van der Waals surface area contributed by atoms with E-state index in [1.807, 2.05) is 6.08 Å². The predicted octanol–water partition coefficient (Wildman–Crippen LogP) is 6.26. The number of halogens is 1. The van der Waals surface area contributed by atoms with Crippen LogP contribution in [-0.2, 0) is 0 Å². The Morgan fingerprint density at radius 2 is 1.59 bits per heavy atom. The van der Waals surface area contributed by atoms with Crippen LogP contribution in [0.2, 0.25) is 0 Å². The van der Waals surface area contributed by atoms with Crippen LogP contribution in [0.25, 0.3) is 0 Å². The maximum Gasteiger partial charge on any atom is 0.0370 e. The Morgan fingerprint density at radius 1 is 1.00 bits per heavy atom. The molecule has 0 spiro atoms. The van der Waals surface area contributed by atoms with Gasteiger partial charge in [0, 0.05) is 5.38 Å². The minimum Gasteiger partial charge on any atom is -0.123 e. The molecule has 0 amide bonds. The monoisotopic (exact) mass is 256 g/mol. The lowest BCUT2D eigenvalue weighted by atomic mass is 10.1. The molecule has 0 aliphatic rings. The van der Waals surface area contributed by atoms with Gasteiger partial charge in [0.05, 0.1) is 0 Å². The molecule has 0 heterocycles. The molecule has 0 aromatic heterocycles. The summed E-state index contributed by atoms with van der Waals surface area (Å²) in [5.74, 6) is 0. The summed E-state index contributed by atoms with van der Waals surface area (Å²) >= 11 is 6.21. The van der Waals surface area contributed by atoms with Gasteiger partial charge in [0.15, 0.2) is 0 Å². The van der Waals surface area contributed by atoms with E-state index in [0.717, 1.165) is 12.8 Å². The lowest BCUT2D eigenvalue weighted by molar-refractivity contribution is 0.559. The highest BCUT2D eigenvalue weighted by molar-refractivity contribution is 6.20. The second-order valence-electron chi connectivity index (χ2n) is 4.76. The summed E-state index contributed by atoms with van der Waals surface area (Å²) in [6, 6.07) is 0. The zero-order valence-corrected chi connectivity index (χ0v) is 12.2. The van der Waals surface area contributed by atoms with Crippen molar-refractivity contribution in [2.24, 2.45) is 0 Å². The van der Waals surface area contributed by atoms with E-state index < -0.39 is 0 Å². The molecular formula is C16H29Cl. The van der Waals surface area contributed by atoms with E-state index in [1.165, 1.54) is 51.4 Å². The van der Waals surface area contributed by atoms with Crippen molar-refractivity contribution in [2.45, 2.75) is 76.5 Å². The van der Waals surface area contributed by atoms with Crippen molar-refractivity contribution in [2.75, 3.05) is 0 Å². The molecule has 0 saturated heterocycles. The van der Waals surface area contributed by atoms with Crippen LogP contribution >= 0.6 is 11.6 Å². The summed E-state index contributed by atoms with van der Waals surface area (Å²) in [7, 11) is 0. The van der Waals surface area contributed by atoms with Gasteiger partial charge >= 0.3 is 0 Å². The summed E-state index contributed by atoms with van der Waals surface area (Å²) in [6.07, 6.45) is 19.0. The molecular weight excluding hydrogens is 228 g/mol. The second-order valence-corrected chi connectivity index (χ2v) is 5.38. The average molecular weight is 257 g/mol. The van der Waals surface area contributed by atoms with Crippen molar-refractivity contribution in [1.29, 1.82) is 0 Å². The van der Waals surface area contributed by atoms with Crippen LogP contribution in [0.4, 0.5) is 0 Å². The number of allylic oxidation sites excluding steroid dienone is 3. The number of hydrogen-bond acceptors (Lipinski definition) is 0. The van der Waals surface area contributed by atoms with Crippen molar-refractivity contribution >= 4 is 11.6 Å². The third kappa shape index (κ3) is 13.7. The molecule has 0 aromatic rings. The maximum absolute atomic E-state index is 6.21. The molecule has 1 heteroatoms. The van der Waals surface area contributed by atoms with Crippen LogP contribution in [0.3, 0.4) is 0 Å². The van der Waals surface area contributed by atoms with Crippen LogP contribution < -0.4 is 0 Å². The number of unbranched alkanes of at least 4 members (excludes halogenated alkanes) is 7. The van der Waals surface area contributed by atoms with Crippen LogP contribution in [0.15, 0.2) is 24.8 Å². The molecule has 1 atom stereocenters. The largest absolute Gasteiger partial charge is 0.123 e. The van der Waals surface area contributed by atoms with Gasteiger partial charge in [-0.15, -0.1) is 11.6 Å².